The lowest BCUT2D eigenvalue weighted by atomic mass is 10.2. The summed E-state index contributed by atoms with van der Waals surface area (Å²) in [6.07, 6.45) is 2.36. The van der Waals surface area contributed by atoms with Crippen LogP contribution in [0.1, 0.15) is 32.1 Å². The first-order valence-electron chi connectivity index (χ1n) is 7.88. The van der Waals surface area contributed by atoms with Crippen LogP contribution in [0.2, 0.25) is 0 Å². The van der Waals surface area contributed by atoms with E-state index in [0.29, 0.717) is 29.1 Å². The van der Waals surface area contributed by atoms with Crippen molar-refractivity contribution in [2.45, 2.75) is 36.3 Å². The van der Waals surface area contributed by atoms with Gasteiger partial charge >= 0.3 is 0 Å². The highest BCUT2D eigenvalue weighted by Gasteiger charge is 2.12. The van der Waals surface area contributed by atoms with Crippen molar-refractivity contribution in [3.05, 3.63) is 36.2 Å². The SMILES string of the molecule is CCCCC(=O)Nc1nnc(SCc2nnc(-c3ccccc3)o2)s1. The lowest BCUT2D eigenvalue weighted by Crippen LogP contribution is -2.10. The van der Waals surface area contributed by atoms with Crippen molar-refractivity contribution in [2.24, 2.45) is 0 Å². The van der Waals surface area contributed by atoms with Gasteiger partial charge < -0.3 is 9.73 Å². The Kier molecular flexibility index (Phi) is 6.13. The molecule has 3 rings (SSSR count). The zero-order valence-electron chi connectivity index (χ0n) is 13.6. The van der Waals surface area contributed by atoms with Crippen molar-refractivity contribution in [1.29, 1.82) is 0 Å². The van der Waals surface area contributed by atoms with Crippen molar-refractivity contribution < 1.29 is 9.21 Å². The summed E-state index contributed by atoms with van der Waals surface area (Å²) in [5, 5.41) is 19.4. The third-order valence-corrected chi connectivity index (χ3v) is 5.17. The van der Waals surface area contributed by atoms with Crippen LogP contribution < -0.4 is 5.32 Å². The highest BCUT2D eigenvalue weighted by molar-refractivity contribution is 8.00. The zero-order valence-corrected chi connectivity index (χ0v) is 15.3. The first-order valence-corrected chi connectivity index (χ1v) is 9.68. The first kappa shape index (κ1) is 17.6. The number of amides is 1. The van der Waals surface area contributed by atoms with Gasteiger partial charge in [0.2, 0.25) is 22.8 Å². The second-order valence-electron chi connectivity index (χ2n) is 5.18. The molecule has 3 aromatic rings. The third-order valence-electron chi connectivity index (χ3n) is 3.22. The standard InChI is InChI=1S/C16H17N5O2S2/c1-2-3-9-12(22)17-15-20-21-16(25-15)24-10-13-18-19-14(23-13)11-7-5-4-6-8-11/h4-8H,2-3,9-10H2,1H3,(H,17,20,22). The van der Waals surface area contributed by atoms with E-state index in [1.807, 2.05) is 37.3 Å². The monoisotopic (exact) mass is 375 g/mol. The van der Waals surface area contributed by atoms with Crippen molar-refractivity contribution in [3.8, 4) is 11.5 Å². The van der Waals surface area contributed by atoms with E-state index < -0.39 is 0 Å². The molecule has 0 bridgehead atoms. The van der Waals surface area contributed by atoms with Gasteiger partial charge in [0.1, 0.15) is 0 Å². The van der Waals surface area contributed by atoms with Crippen LogP contribution in [0.4, 0.5) is 5.13 Å². The Morgan fingerprint density at radius 2 is 2.04 bits per heavy atom. The second-order valence-corrected chi connectivity index (χ2v) is 7.38. The minimum atomic E-state index is -0.0287. The molecule has 0 unspecified atom stereocenters. The maximum Gasteiger partial charge on any atom is 0.247 e. The van der Waals surface area contributed by atoms with Crippen LogP contribution in [0.3, 0.4) is 0 Å². The van der Waals surface area contributed by atoms with Crippen molar-refractivity contribution in [2.75, 3.05) is 5.32 Å². The van der Waals surface area contributed by atoms with Gasteiger partial charge in [0.15, 0.2) is 4.34 Å². The molecule has 0 radical (unpaired) electrons. The Bertz CT molecular complexity index is 819. The van der Waals surface area contributed by atoms with E-state index in [1.165, 1.54) is 23.1 Å². The molecule has 0 atom stereocenters. The fourth-order valence-corrected chi connectivity index (χ4v) is 3.58. The highest BCUT2D eigenvalue weighted by Crippen LogP contribution is 2.29. The van der Waals surface area contributed by atoms with E-state index >= 15 is 0 Å². The molecule has 1 aromatic carbocycles. The second kappa shape index (κ2) is 8.72. The van der Waals surface area contributed by atoms with Gasteiger partial charge in [-0.05, 0) is 18.6 Å². The number of hydrogen-bond donors (Lipinski definition) is 1. The molecule has 25 heavy (non-hydrogen) atoms. The molecular formula is C16H17N5O2S2. The number of aromatic nitrogens is 4. The smallest absolute Gasteiger partial charge is 0.247 e. The molecule has 0 aliphatic heterocycles. The molecule has 0 saturated heterocycles. The summed E-state index contributed by atoms with van der Waals surface area (Å²) in [5.74, 6) is 1.49. The Morgan fingerprint density at radius 3 is 2.84 bits per heavy atom. The van der Waals surface area contributed by atoms with Gasteiger partial charge in [-0.15, -0.1) is 20.4 Å². The van der Waals surface area contributed by atoms with Crippen LogP contribution in [0.5, 0.6) is 0 Å². The van der Waals surface area contributed by atoms with Gasteiger partial charge in [-0.3, -0.25) is 4.79 Å². The largest absolute Gasteiger partial charge is 0.420 e. The summed E-state index contributed by atoms with van der Waals surface area (Å²) < 4.78 is 6.39. The van der Waals surface area contributed by atoms with E-state index in [0.717, 1.165) is 22.7 Å². The van der Waals surface area contributed by atoms with Crippen LogP contribution in [-0.4, -0.2) is 26.3 Å². The lowest BCUT2D eigenvalue weighted by molar-refractivity contribution is -0.116. The number of thioether (sulfide) groups is 1. The molecular weight excluding hydrogens is 358 g/mol. The zero-order chi connectivity index (χ0) is 17.5. The Hall–Kier alpha value is -2.26. The number of benzene rings is 1. The van der Waals surface area contributed by atoms with Gasteiger partial charge in [-0.2, -0.15) is 0 Å². The summed E-state index contributed by atoms with van der Waals surface area (Å²) in [4.78, 5) is 11.7. The van der Waals surface area contributed by atoms with Gasteiger partial charge in [0, 0.05) is 12.0 Å². The van der Waals surface area contributed by atoms with Crippen LogP contribution >= 0.6 is 23.1 Å². The number of rotatable bonds is 8. The Balaban J connectivity index is 1.52. The summed E-state index contributed by atoms with van der Waals surface area (Å²) in [6.45, 7) is 2.05. The normalized spacial score (nSPS) is 10.8. The van der Waals surface area contributed by atoms with E-state index in [9.17, 15) is 4.79 Å². The molecule has 1 N–H and O–H groups in total. The molecule has 2 aromatic heterocycles. The van der Waals surface area contributed by atoms with E-state index in [-0.39, 0.29) is 5.91 Å². The number of hydrogen-bond acceptors (Lipinski definition) is 8. The molecule has 0 saturated carbocycles. The van der Waals surface area contributed by atoms with Crippen molar-refractivity contribution in [3.63, 3.8) is 0 Å². The lowest BCUT2D eigenvalue weighted by Gasteiger charge is -1.98. The Morgan fingerprint density at radius 1 is 1.20 bits per heavy atom. The van der Waals surface area contributed by atoms with Crippen molar-refractivity contribution in [1.82, 2.24) is 20.4 Å². The average molecular weight is 375 g/mol. The molecule has 9 heteroatoms. The van der Waals surface area contributed by atoms with Crippen LogP contribution in [0.15, 0.2) is 39.1 Å². The molecule has 0 spiro atoms. The maximum atomic E-state index is 11.7. The van der Waals surface area contributed by atoms with E-state index in [1.54, 1.807) is 0 Å². The molecule has 7 nitrogen and oxygen atoms in total. The molecule has 1 amide bonds. The Labute approximate surface area is 153 Å². The number of nitrogens with zero attached hydrogens (tertiary/aromatic N) is 4. The summed E-state index contributed by atoms with van der Waals surface area (Å²) >= 11 is 2.78. The minimum absolute atomic E-state index is 0.0287. The van der Waals surface area contributed by atoms with Gasteiger partial charge in [0.25, 0.3) is 0 Å². The minimum Gasteiger partial charge on any atom is -0.420 e. The molecule has 0 aliphatic rings. The topological polar surface area (TPSA) is 93.8 Å². The summed E-state index contributed by atoms with van der Waals surface area (Å²) in [7, 11) is 0. The van der Waals surface area contributed by atoms with Crippen LogP contribution in [-0.2, 0) is 10.5 Å². The number of nitrogens with one attached hydrogen (secondary N) is 1. The average Bonchev–Trinajstić information content (AvgIpc) is 3.28. The predicted octanol–water partition coefficient (Wildman–Crippen LogP) is 4.01. The number of carbonyl (C=O) groups is 1. The fourth-order valence-electron chi connectivity index (χ4n) is 1.97. The summed E-state index contributed by atoms with van der Waals surface area (Å²) in [6, 6.07) is 9.62. The van der Waals surface area contributed by atoms with Gasteiger partial charge in [0.05, 0.1) is 5.75 Å². The number of anilines is 1. The third kappa shape index (κ3) is 5.10. The number of carbonyl (C=O) groups excluding carboxylic acids is 1. The predicted molar refractivity (Wildman–Crippen MR) is 97.4 cm³/mol. The first-order chi connectivity index (χ1) is 12.2. The van der Waals surface area contributed by atoms with Crippen LogP contribution in [0.25, 0.3) is 11.5 Å². The number of unbranched alkanes of at least 4 members (excludes halogenated alkanes) is 1. The fraction of sp³-hybridized carbons (Fsp3) is 0.312. The summed E-state index contributed by atoms with van der Waals surface area (Å²) in [5.41, 5.74) is 0.888. The molecule has 130 valence electrons. The highest BCUT2D eigenvalue weighted by atomic mass is 32.2. The molecule has 0 aliphatic carbocycles. The van der Waals surface area contributed by atoms with Crippen LogP contribution in [0, 0.1) is 0 Å². The quantitative estimate of drug-likeness (QED) is 0.469. The van der Waals surface area contributed by atoms with E-state index in [2.05, 4.69) is 25.7 Å². The van der Waals surface area contributed by atoms with Gasteiger partial charge in [-0.25, -0.2) is 0 Å². The van der Waals surface area contributed by atoms with E-state index in [4.69, 9.17) is 4.42 Å². The van der Waals surface area contributed by atoms with Crippen molar-refractivity contribution >= 4 is 34.1 Å². The molecule has 2 heterocycles. The van der Waals surface area contributed by atoms with Gasteiger partial charge in [-0.1, -0.05) is 54.6 Å². The molecule has 0 fully saturated rings. The maximum absolute atomic E-state index is 11.7.